The summed E-state index contributed by atoms with van der Waals surface area (Å²) in [5.74, 6) is 0.797. The highest BCUT2D eigenvalue weighted by Crippen LogP contribution is 2.16. The standard InChI is InChI=1S/C11H11N3O3/c15-11-8-6-7(14(16)17)3-4-9(8)12-10-2-1-5-13(10)11/h3-4,6,14,16H,1-2,5H2. The summed E-state index contributed by atoms with van der Waals surface area (Å²) in [6.07, 6.45) is 1.73. The lowest BCUT2D eigenvalue weighted by atomic mass is 10.2. The van der Waals surface area contributed by atoms with Crippen molar-refractivity contribution in [3.8, 4) is 0 Å². The van der Waals surface area contributed by atoms with Crippen LogP contribution in [-0.2, 0) is 13.0 Å². The number of rotatable bonds is 1. The Bertz CT molecular complexity index is 648. The summed E-state index contributed by atoms with van der Waals surface area (Å²) in [5, 5.41) is 19.1. The van der Waals surface area contributed by atoms with Gasteiger partial charge in [-0.25, -0.2) is 10.2 Å². The van der Waals surface area contributed by atoms with E-state index in [2.05, 4.69) is 4.98 Å². The van der Waals surface area contributed by atoms with Crippen LogP contribution in [0.25, 0.3) is 10.9 Å². The maximum atomic E-state index is 12.1. The smallest absolute Gasteiger partial charge is 0.261 e. The van der Waals surface area contributed by atoms with E-state index in [0.29, 0.717) is 17.4 Å². The Morgan fingerprint density at radius 3 is 3.06 bits per heavy atom. The third-order valence-corrected chi connectivity index (χ3v) is 3.06. The van der Waals surface area contributed by atoms with Crippen molar-refractivity contribution in [1.29, 1.82) is 0 Å². The van der Waals surface area contributed by atoms with Crippen LogP contribution in [0.5, 0.6) is 0 Å². The van der Waals surface area contributed by atoms with Crippen LogP contribution in [0.1, 0.15) is 12.2 Å². The second-order valence-corrected chi connectivity index (χ2v) is 4.13. The van der Waals surface area contributed by atoms with Crippen molar-refractivity contribution in [2.45, 2.75) is 19.4 Å². The van der Waals surface area contributed by atoms with Crippen molar-refractivity contribution >= 4 is 16.6 Å². The maximum Gasteiger partial charge on any atom is 0.261 e. The molecule has 1 aromatic carbocycles. The van der Waals surface area contributed by atoms with E-state index < -0.39 is 5.23 Å². The fourth-order valence-electron chi connectivity index (χ4n) is 2.22. The van der Waals surface area contributed by atoms with Gasteiger partial charge in [-0.05, 0) is 12.5 Å². The molecule has 1 aliphatic heterocycles. The van der Waals surface area contributed by atoms with Gasteiger partial charge in [-0.2, -0.15) is 5.23 Å². The van der Waals surface area contributed by atoms with Gasteiger partial charge in [-0.3, -0.25) is 9.36 Å². The Hall–Kier alpha value is -1.76. The van der Waals surface area contributed by atoms with Crippen LogP contribution in [0, 0.1) is 5.21 Å². The number of benzene rings is 1. The zero-order valence-electron chi connectivity index (χ0n) is 9.01. The second-order valence-electron chi connectivity index (χ2n) is 4.13. The number of aryl methyl sites for hydroxylation is 1. The van der Waals surface area contributed by atoms with Crippen molar-refractivity contribution in [2.75, 3.05) is 0 Å². The molecule has 2 aromatic rings. The van der Waals surface area contributed by atoms with E-state index in [-0.39, 0.29) is 11.2 Å². The lowest BCUT2D eigenvalue weighted by Gasteiger charge is -2.12. The van der Waals surface area contributed by atoms with Crippen LogP contribution in [0.2, 0.25) is 0 Å². The van der Waals surface area contributed by atoms with Gasteiger partial charge in [0.2, 0.25) is 0 Å². The minimum absolute atomic E-state index is 0.120. The van der Waals surface area contributed by atoms with Gasteiger partial charge in [-0.1, -0.05) is 0 Å². The summed E-state index contributed by atoms with van der Waals surface area (Å²) in [6.45, 7) is 0.675. The summed E-state index contributed by atoms with van der Waals surface area (Å²) < 4.78 is 1.63. The minimum atomic E-state index is -1.03. The average molecular weight is 233 g/mol. The first-order valence-corrected chi connectivity index (χ1v) is 5.43. The quantitative estimate of drug-likeness (QED) is 0.665. The largest absolute Gasteiger partial charge is 0.595 e. The molecule has 0 spiro atoms. The SMILES string of the molecule is O=c1c2cc([NH+]([O-])O)ccc2nc2n1CCC2. The van der Waals surface area contributed by atoms with Crippen LogP contribution in [0.15, 0.2) is 23.0 Å². The van der Waals surface area contributed by atoms with E-state index in [4.69, 9.17) is 5.21 Å². The summed E-state index contributed by atoms with van der Waals surface area (Å²) in [4.78, 5) is 16.5. The normalized spacial score (nSPS) is 16.1. The molecule has 2 N–H and O–H groups in total. The first kappa shape index (κ1) is 10.4. The van der Waals surface area contributed by atoms with Gasteiger partial charge in [0.25, 0.3) is 5.56 Å². The third-order valence-electron chi connectivity index (χ3n) is 3.06. The molecule has 1 aromatic heterocycles. The van der Waals surface area contributed by atoms with E-state index in [9.17, 15) is 10.0 Å². The van der Waals surface area contributed by atoms with Crippen molar-refractivity contribution in [2.24, 2.45) is 0 Å². The highest BCUT2D eigenvalue weighted by molar-refractivity contribution is 5.80. The molecule has 6 nitrogen and oxygen atoms in total. The van der Waals surface area contributed by atoms with Crippen LogP contribution >= 0.6 is 0 Å². The summed E-state index contributed by atoms with van der Waals surface area (Å²) in [6, 6.07) is 4.47. The molecule has 0 aliphatic carbocycles. The van der Waals surface area contributed by atoms with Crippen LogP contribution in [0.3, 0.4) is 0 Å². The molecule has 2 heterocycles. The summed E-state index contributed by atoms with van der Waals surface area (Å²) in [7, 11) is 0. The lowest BCUT2D eigenvalue weighted by molar-refractivity contribution is -0.991. The number of nitrogens with one attached hydrogen (secondary N) is 1. The topological polar surface area (TPSA) is 82.6 Å². The number of nitrogens with zero attached hydrogens (tertiary/aromatic N) is 2. The predicted octanol–water partition coefficient (Wildman–Crippen LogP) is -0.254. The van der Waals surface area contributed by atoms with Gasteiger partial charge in [0.05, 0.1) is 10.9 Å². The number of fused-ring (bicyclic) bond motifs is 2. The van der Waals surface area contributed by atoms with Gasteiger partial charge in [0.15, 0.2) is 5.69 Å². The fourth-order valence-corrected chi connectivity index (χ4v) is 2.22. The van der Waals surface area contributed by atoms with Gasteiger partial charge >= 0.3 is 0 Å². The molecule has 6 heteroatoms. The predicted molar refractivity (Wildman–Crippen MR) is 60.1 cm³/mol. The lowest BCUT2D eigenvalue weighted by Crippen LogP contribution is -2.99. The van der Waals surface area contributed by atoms with E-state index in [1.54, 1.807) is 10.6 Å². The maximum absolute atomic E-state index is 12.1. The molecular formula is C11H11N3O3. The third kappa shape index (κ3) is 1.54. The molecule has 0 bridgehead atoms. The highest BCUT2D eigenvalue weighted by atomic mass is 16.8. The van der Waals surface area contributed by atoms with Crippen LogP contribution in [0.4, 0.5) is 5.69 Å². The molecule has 0 amide bonds. The zero-order chi connectivity index (χ0) is 12.0. The van der Waals surface area contributed by atoms with Gasteiger partial charge < -0.3 is 5.21 Å². The molecule has 0 radical (unpaired) electrons. The summed E-state index contributed by atoms with van der Waals surface area (Å²) in [5.41, 5.74) is 0.564. The molecule has 88 valence electrons. The molecule has 3 rings (SSSR count). The van der Waals surface area contributed by atoms with Crippen molar-refractivity contribution < 1.29 is 10.4 Å². The minimum Gasteiger partial charge on any atom is -0.595 e. The van der Waals surface area contributed by atoms with Gasteiger partial charge in [0.1, 0.15) is 5.82 Å². The number of hydrogen-bond acceptors (Lipinski definition) is 4. The first-order valence-electron chi connectivity index (χ1n) is 5.43. The van der Waals surface area contributed by atoms with E-state index in [1.807, 2.05) is 0 Å². The Morgan fingerprint density at radius 1 is 1.47 bits per heavy atom. The monoisotopic (exact) mass is 233 g/mol. The van der Waals surface area contributed by atoms with E-state index >= 15 is 0 Å². The average Bonchev–Trinajstić information content (AvgIpc) is 2.77. The molecule has 0 saturated carbocycles. The van der Waals surface area contributed by atoms with Gasteiger partial charge in [0, 0.05) is 25.1 Å². The first-order chi connectivity index (χ1) is 8.16. The Balaban J connectivity index is 2.33. The van der Waals surface area contributed by atoms with E-state index in [1.165, 1.54) is 12.1 Å². The second kappa shape index (κ2) is 3.63. The molecule has 1 aliphatic rings. The molecule has 17 heavy (non-hydrogen) atoms. The summed E-state index contributed by atoms with van der Waals surface area (Å²) >= 11 is 0. The van der Waals surface area contributed by atoms with Crippen LogP contribution in [-0.4, -0.2) is 14.8 Å². The Labute approximate surface area is 96.3 Å². The van der Waals surface area contributed by atoms with Crippen molar-refractivity contribution in [1.82, 2.24) is 9.55 Å². The molecule has 0 fully saturated rings. The highest BCUT2D eigenvalue weighted by Gasteiger charge is 2.16. The molecular weight excluding hydrogens is 222 g/mol. The van der Waals surface area contributed by atoms with Crippen LogP contribution < -0.4 is 10.8 Å². The zero-order valence-corrected chi connectivity index (χ0v) is 9.01. The Kier molecular flexibility index (Phi) is 2.22. The van der Waals surface area contributed by atoms with Gasteiger partial charge in [-0.15, -0.1) is 0 Å². The Morgan fingerprint density at radius 2 is 2.29 bits per heavy atom. The fraction of sp³-hybridized carbons (Fsp3) is 0.273. The number of aromatic nitrogens is 2. The number of hydrogen-bond donors (Lipinski definition) is 2. The molecule has 1 atom stereocenters. The molecule has 0 saturated heterocycles. The van der Waals surface area contributed by atoms with E-state index in [0.717, 1.165) is 18.7 Å². The number of quaternary nitrogens is 1. The van der Waals surface area contributed by atoms with Crippen molar-refractivity contribution in [3.63, 3.8) is 0 Å². The molecule has 1 unspecified atom stereocenters. The van der Waals surface area contributed by atoms with Crippen molar-refractivity contribution in [3.05, 3.63) is 39.6 Å².